The van der Waals surface area contributed by atoms with Crippen LogP contribution in [0.5, 0.6) is 0 Å². The average molecular weight is 202 g/mol. The van der Waals surface area contributed by atoms with E-state index in [4.69, 9.17) is 4.74 Å². The van der Waals surface area contributed by atoms with Gasteiger partial charge >= 0.3 is 0 Å². The predicted molar refractivity (Wildman–Crippen MR) is 62.5 cm³/mol. The van der Waals surface area contributed by atoms with Crippen molar-refractivity contribution >= 4 is 25.0 Å². The van der Waals surface area contributed by atoms with Gasteiger partial charge in [-0.15, -0.1) is 5.10 Å². The number of allylic oxidation sites excluding steroid dienone is 3. The summed E-state index contributed by atoms with van der Waals surface area (Å²) in [6.07, 6.45) is 15.6. The van der Waals surface area contributed by atoms with Crippen LogP contribution in [0.15, 0.2) is 57.1 Å². The Labute approximate surface area is 87.6 Å². The van der Waals surface area contributed by atoms with Gasteiger partial charge < -0.3 is 4.74 Å². The minimum atomic E-state index is 1.32. The van der Waals surface area contributed by atoms with Gasteiger partial charge in [0.25, 0.3) is 0 Å². The molecule has 1 aliphatic rings. The Balaban J connectivity index is 2.62. The Bertz CT molecular complexity index is 328. The zero-order valence-corrected chi connectivity index (χ0v) is 7.97. The van der Waals surface area contributed by atoms with Crippen LogP contribution in [0, 0.1) is 0 Å². The molecule has 1 heterocycles. The molecule has 0 fully saturated rings. The van der Waals surface area contributed by atoms with Gasteiger partial charge in [-0.25, -0.2) is 4.99 Å². The molecule has 0 radical (unpaired) electrons. The maximum atomic E-state index is 4.98. The molecular formula is C10H10N4O. The Morgan fingerprint density at radius 3 is 2.67 bits per heavy atom. The molecule has 0 aromatic carbocycles. The number of nitrogens with zero attached hydrogens (tertiary/aromatic N) is 4. The van der Waals surface area contributed by atoms with Crippen molar-refractivity contribution in [1.29, 1.82) is 0 Å². The van der Waals surface area contributed by atoms with E-state index < -0.39 is 0 Å². The molecule has 5 nitrogen and oxygen atoms in total. The summed E-state index contributed by atoms with van der Waals surface area (Å²) in [5.41, 5.74) is 0. The molecule has 0 aliphatic carbocycles. The first-order valence-electron chi connectivity index (χ1n) is 4.22. The van der Waals surface area contributed by atoms with Crippen LogP contribution >= 0.6 is 0 Å². The molecule has 1 rings (SSSR count). The van der Waals surface area contributed by atoms with Crippen LogP contribution in [0.1, 0.15) is 0 Å². The number of ether oxygens (including phenoxy) is 1. The van der Waals surface area contributed by atoms with E-state index in [1.54, 1.807) is 24.4 Å². The number of hydrogen-bond donors (Lipinski definition) is 0. The predicted octanol–water partition coefficient (Wildman–Crippen LogP) is 1.71. The highest BCUT2D eigenvalue weighted by molar-refractivity contribution is 6.16. The van der Waals surface area contributed by atoms with Gasteiger partial charge in [0.2, 0.25) is 0 Å². The van der Waals surface area contributed by atoms with Crippen molar-refractivity contribution in [3.8, 4) is 0 Å². The smallest absolute Gasteiger partial charge is 0.137 e. The lowest BCUT2D eigenvalue weighted by Gasteiger charge is -1.84. The summed E-state index contributed by atoms with van der Waals surface area (Å²) in [5, 5.41) is 7.28. The van der Waals surface area contributed by atoms with E-state index in [1.807, 2.05) is 0 Å². The maximum absolute atomic E-state index is 4.98. The molecule has 0 spiro atoms. The fourth-order valence-corrected chi connectivity index (χ4v) is 0.620. The third-order valence-electron chi connectivity index (χ3n) is 1.17. The van der Waals surface area contributed by atoms with Crippen LogP contribution in [0.3, 0.4) is 0 Å². The van der Waals surface area contributed by atoms with Crippen molar-refractivity contribution in [2.45, 2.75) is 0 Å². The molecule has 0 N–H and O–H groups in total. The van der Waals surface area contributed by atoms with Gasteiger partial charge in [-0.05, 0) is 18.2 Å². The standard InChI is InChI=1S/C10H10N4O/c1-2-8-15-9-3-5-12-10-14-13-7-6-11-4-1/h1-10H. The van der Waals surface area contributed by atoms with Crippen LogP contribution in [0.2, 0.25) is 0 Å². The van der Waals surface area contributed by atoms with Crippen LogP contribution in [-0.4, -0.2) is 25.0 Å². The fraction of sp³-hybridized carbons (Fsp3) is 0. The number of aliphatic imine (C=N–C) groups is 2. The zero-order chi connectivity index (χ0) is 10.6. The third-order valence-corrected chi connectivity index (χ3v) is 1.17. The molecule has 0 amide bonds. The molecule has 0 aromatic rings. The molecule has 1 aliphatic heterocycles. The minimum Gasteiger partial charge on any atom is -0.473 e. The van der Waals surface area contributed by atoms with Gasteiger partial charge in [0.05, 0.1) is 18.7 Å². The normalized spacial score (nSPS) is 16.0. The summed E-state index contributed by atoms with van der Waals surface area (Å²) < 4.78 is 4.98. The zero-order valence-electron chi connectivity index (χ0n) is 7.97. The Morgan fingerprint density at radius 1 is 0.733 bits per heavy atom. The fourth-order valence-electron chi connectivity index (χ4n) is 0.620. The van der Waals surface area contributed by atoms with Crippen molar-refractivity contribution in [1.82, 2.24) is 0 Å². The van der Waals surface area contributed by atoms with Gasteiger partial charge in [-0.1, -0.05) is 0 Å². The van der Waals surface area contributed by atoms with E-state index in [0.717, 1.165) is 0 Å². The van der Waals surface area contributed by atoms with E-state index in [9.17, 15) is 0 Å². The van der Waals surface area contributed by atoms with Crippen molar-refractivity contribution < 1.29 is 4.74 Å². The highest BCUT2D eigenvalue weighted by atomic mass is 16.5. The average Bonchev–Trinajstić information content (AvgIpc) is 2.27. The molecule has 0 bridgehead atoms. The van der Waals surface area contributed by atoms with E-state index in [2.05, 4.69) is 20.2 Å². The summed E-state index contributed by atoms with van der Waals surface area (Å²) in [4.78, 5) is 7.69. The van der Waals surface area contributed by atoms with Crippen LogP contribution in [0.4, 0.5) is 0 Å². The van der Waals surface area contributed by atoms with Crippen molar-refractivity contribution in [3.63, 3.8) is 0 Å². The number of hydrogen-bond acceptors (Lipinski definition) is 5. The van der Waals surface area contributed by atoms with Crippen LogP contribution in [-0.2, 0) is 4.74 Å². The first kappa shape index (κ1) is 10.8. The van der Waals surface area contributed by atoms with E-state index in [1.165, 1.54) is 37.5 Å². The Morgan fingerprint density at radius 2 is 1.67 bits per heavy atom. The molecule has 0 unspecified atom stereocenters. The molecular weight excluding hydrogens is 192 g/mol. The van der Waals surface area contributed by atoms with Gasteiger partial charge in [-0.2, -0.15) is 5.10 Å². The summed E-state index contributed by atoms with van der Waals surface area (Å²) in [5.74, 6) is 0. The molecule has 0 saturated heterocycles. The first-order valence-corrected chi connectivity index (χ1v) is 4.22. The molecule has 76 valence electrons. The van der Waals surface area contributed by atoms with Gasteiger partial charge in [0.15, 0.2) is 0 Å². The second kappa shape index (κ2) is 8.31. The molecule has 5 heteroatoms. The second-order valence-electron chi connectivity index (χ2n) is 2.23. The Hall–Kier alpha value is -2.30. The molecule has 0 aromatic heterocycles. The van der Waals surface area contributed by atoms with E-state index in [-0.39, 0.29) is 0 Å². The molecule has 0 atom stereocenters. The Kier molecular flexibility index (Phi) is 5.97. The van der Waals surface area contributed by atoms with Crippen molar-refractivity contribution in [2.24, 2.45) is 20.2 Å². The largest absolute Gasteiger partial charge is 0.473 e. The highest BCUT2D eigenvalue weighted by Crippen LogP contribution is 1.82. The topological polar surface area (TPSA) is 58.7 Å². The van der Waals surface area contributed by atoms with Crippen LogP contribution < -0.4 is 0 Å². The van der Waals surface area contributed by atoms with Gasteiger partial charge in [0.1, 0.15) is 6.34 Å². The SMILES string of the molecule is C1=CN=CC=NN=CN=CC=COC=C1. The van der Waals surface area contributed by atoms with E-state index in [0.29, 0.717) is 0 Å². The second-order valence-corrected chi connectivity index (χ2v) is 2.23. The third kappa shape index (κ3) is 6.83. The van der Waals surface area contributed by atoms with Gasteiger partial charge in [-0.3, -0.25) is 4.99 Å². The minimum absolute atomic E-state index is 1.32. The highest BCUT2D eigenvalue weighted by Gasteiger charge is 1.69. The number of rotatable bonds is 0. The van der Waals surface area contributed by atoms with Gasteiger partial charge in [0, 0.05) is 18.6 Å². The van der Waals surface area contributed by atoms with Crippen molar-refractivity contribution in [2.75, 3.05) is 0 Å². The first-order chi connectivity index (χ1) is 7.50. The quantitative estimate of drug-likeness (QED) is 0.590. The monoisotopic (exact) mass is 202 g/mol. The summed E-state index contributed by atoms with van der Waals surface area (Å²) in [7, 11) is 0. The summed E-state index contributed by atoms with van der Waals surface area (Å²) >= 11 is 0. The van der Waals surface area contributed by atoms with Crippen LogP contribution in [0.25, 0.3) is 0 Å². The lowest BCUT2D eigenvalue weighted by Crippen LogP contribution is -1.72. The lowest BCUT2D eigenvalue weighted by molar-refractivity contribution is 0.403. The summed E-state index contributed by atoms with van der Waals surface area (Å²) in [6.45, 7) is 0. The molecule has 0 saturated carbocycles. The van der Waals surface area contributed by atoms with Crippen molar-refractivity contribution in [3.05, 3.63) is 37.0 Å². The van der Waals surface area contributed by atoms with E-state index >= 15 is 0 Å². The maximum Gasteiger partial charge on any atom is 0.137 e. The lowest BCUT2D eigenvalue weighted by atomic mass is 10.6. The molecule has 15 heavy (non-hydrogen) atoms. The summed E-state index contributed by atoms with van der Waals surface area (Å²) in [6, 6.07) is 0.